The number of aromatic amines is 1. The number of nitrogens with one attached hydrogen (secondary N) is 4. The molecule has 24 heteroatoms. The van der Waals surface area contributed by atoms with E-state index in [4.69, 9.17) is 38.7 Å². The summed E-state index contributed by atoms with van der Waals surface area (Å²) in [6.07, 6.45) is -0.386. The summed E-state index contributed by atoms with van der Waals surface area (Å²) < 4.78 is 34.3. The number of furan rings is 1. The van der Waals surface area contributed by atoms with Crippen LogP contribution in [0.1, 0.15) is 25.2 Å². The number of imidazole rings is 1. The van der Waals surface area contributed by atoms with Gasteiger partial charge >= 0.3 is 251 Å². The van der Waals surface area contributed by atoms with Crippen molar-refractivity contribution in [3.05, 3.63) is 51.7 Å². The third kappa shape index (κ3) is 5.08. The average molecular weight is 674 g/mol. The van der Waals surface area contributed by atoms with Crippen molar-refractivity contribution in [3.63, 3.8) is 0 Å². The van der Waals surface area contributed by atoms with Gasteiger partial charge in [-0.2, -0.15) is 0 Å². The molecule has 3 aromatic rings. The van der Waals surface area contributed by atoms with Gasteiger partial charge in [0.2, 0.25) is 0 Å². The molecule has 0 amide bonds. The van der Waals surface area contributed by atoms with Crippen LogP contribution in [0.4, 0.5) is 11.8 Å². The van der Waals surface area contributed by atoms with E-state index in [0.29, 0.717) is 11.5 Å². The Morgan fingerprint density at radius 3 is 2.73 bits per heavy atom. The van der Waals surface area contributed by atoms with Crippen LogP contribution in [0.15, 0.2) is 44.8 Å². The number of fused-ring (bicyclic) bond motifs is 5. The number of H-pyrrole nitrogens is 1. The molecule has 7 rings (SSSR count). The van der Waals surface area contributed by atoms with Crippen molar-refractivity contribution in [1.82, 2.24) is 35.5 Å². The summed E-state index contributed by atoms with van der Waals surface area (Å²) in [6, 6.07) is 0. The van der Waals surface area contributed by atoms with Crippen molar-refractivity contribution in [3.8, 4) is 11.5 Å². The maximum atomic E-state index is 12.3. The van der Waals surface area contributed by atoms with Crippen molar-refractivity contribution >= 4 is 45.2 Å². The Bertz CT molecular complexity index is 1870. The van der Waals surface area contributed by atoms with Gasteiger partial charge in [-0.1, -0.05) is 0 Å². The third-order valence-corrected chi connectivity index (χ3v) is 9.05. The first-order valence-corrected chi connectivity index (χ1v) is 16.5. The van der Waals surface area contributed by atoms with E-state index in [1.807, 2.05) is 0 Å². The molecule has 0 spiro atoms. The van der Waals surface area contributed by atoms with Crippen LogP contribution in [0.25, 0.3) is 17.0 Å². The minimum absolute atomic E-state index is 0.0629. The molecule has 0 saturated carbocycles. The quantitative estimate of drug-likeness (QED) is 0.136. The molecule has 1 unspecified atom stereocenters. The Kier molecular flexibility index (Phi) is 6.65. The summed E-state index contributed by atoms with van der Waals surface area (Å²) in [5, 5.41) is 20.3. The van der Waals surface area contributed by atoms with Crippen molar-refractivity contribution in [2.75, 3.05) is 24.0 Å². The predicted molar refractivity (Wildman–Crippen MR) is 154 cm³/mol. The summed E-state index contributed by atoms with van der Waals surface area (Å²) in [5.41, 5.74) is 11.4. The second-order valence-electron chi connectivity index (χ2n) is 10.0. The average Bonchev–Trinajstić information content (AvgIpc) is 3.72. The molecule has 4 aliphatic rings. The fourth-order valence-electron chi connectivity index (χ4n) is 5.09. The monoisotopic (exact) mass is 674 g/mol. The number of nitrogens with zero attached hydrogens (tertiary/aromatic N) is 4. The van der Waals surface area contributed by atoms with Crippen LogP contribution in [0.2, 0.25) is 0 Å². The summed E-state index contributed by atoms with van der Waals surface area (Å²) in [7, 11) is -10.3. The standard InChI is InChI=1S/C21H28N10O12P2/c1-7-13-14(12(32)20(40-13)30-5-26-10-15(22)24-4-25-16(10)30)43-44(34,35)38-3-8-2-9(42-45(36,37)41-7)19(39-8)31-6-27-11-17(31)28-21(23)29-18(11)33/h3,6-7,16,24-26,32,34-37,44-45H,2,4-5,22H2,1H3,(H3,23,28,29,33)/b8-3+/t7-,16?/m1/s1. The molecule has 1 saturated heterocycles. The van der Waals surface area contributed by atoms with Crippen molar-refractivity contribution in [1.29, 1.82) is 0 Å². The van der Waals surface area contributed by atoms with Crippen LogP contribution >= 0.6 is 16.3 Å². The van der Waals surface area contributed by atoms with E-state index in [1.165, 1.54) is 11.8 Å². The fraction of sp³-hybridized carbons (Fsp3) is 0.286. The minimum atomic E-state index is -5.18. The number of aromatic nitrogens is 4. The molecule has 0 aliphatic carbocycles. The fourth-order valence-corrected chi connectivity index (χ4v) is 6.99. The molecule has 22 nitrogen and oxygen atoms in total. The van der Waals surface area contributed by atoms with Gasteiger partial charge in [-0.15, -0.1) is 0 Å². The van der Waals surface area contributed by atoms with Gasteiger partial charge in [-0.05, 0) is 0 Å². The Morgan fingerprint density at radius 2 is 1.93 bits per heavy atom. The van der Waals surface area contributed by atoms with E-state index >= 15 is 0 Å². The number of nitrogens with two attached hydrogens (primary N) is 2. The normalized spacial score (nSPS) is 26.6. The summed E-state index contributed by atoms with van der Waals surface area (Å²) in [4.78, 5) is 67.5. The Hall–Kier alpha value is -4.53. The number of aromatic hydroxyl groups is 1. The van der Waals surface area contributed by atoms with Gasteiger partial charge in [0, 0.05) is 0 Å². The molecule has 2 bridgehead atoms. The van der Waals surface area contributed by atoms with Crippen molar-refractivity contribution < 1.29 is 51.9 Å². The summed E-state index contributed by atoms with van der Waals surface area (Å²) in [6.45, 7) is 1.70. The van der Waals surface area contributed by atoms with Gasteiger partial charge in [0.15, 0.2) is 0 Å². The Labute approximate surface area is 251 Å². The van der Waals surface area contributed by atoms with Crippen LogP contribution in [0.3, 0.4) is 0 Å². The molecule has 45 heavy (non-hydrogen) atoms. The molecule has 1 fully saturated rings. The molecular weight excluding hydrogens is 646 g/mol. The maximum absolute atomic E-state index is 12.3. The zero-order chi connectivity index (χ0) is 31.8. The number of rotatable bonds is 2. The van der Waals surface area contributed by atoms with Gasteiger partial charge in [0.1, 0.15) is 0 Å². The van der Waals surface area contributed by atoms with Gasteiger partial charge in [0.05, 0.1) is 0 Å². The summed E-state index contributed by atoms with van der Waals surface area (Å²) >= 11 is 0. The molecular formula is C21H28N10O12P2. The molecule has 3 aromatic heterocycles. The van der Waals surface area contributed by atoms with Crippen molar-refractivity contribution in [2.45, 2.75) is 25.6 Å². The van der Waals surface area contributed by atoms with E-state index in [2.05, 4.69) is 30.9 Å². The molecule has 2 atom stereocenters. The number of nitrogen functional groups attached to an aromatic ring is 1. The van der Waals surface area contributed by atoms with Gasteiger partial charge < -0.3 is 0 Å². The second-order valence-corrected chi connectivity index (χ2v) is 13.1. The molecule has 244 valence electrons. The predicted octanol–water partition coefficient (Wildman–Crippen LogP) is -1.65. The van der Waals surface area contributed by atoms with Crippen molar-refractivity contribution in [2.24, 2.45) is 5.73 Å². The number of ether oxygens (including phenoxy) is 1. The van der Waals surface area contributed by atoms with Crippen LogP contribution < -0.4 is 42.4 Å². The SMILES string of the molecule is C[C@H]1O[PH](O)(O)OC2=C(n3cnc4c(=O)[nH]c(N)nc43)O/C(=C/O[PH](O)(O)Oc3c1oc(N1CNC4=C(N)NCNC41)c3O)C2. The van der Waals surface area contributed by atoms with Crippen LogP contribution in [-0.2, 0) is 18.3 Å². The number of hydrogen-bond donors (Lipinski definition) is 11. The zero-order valence-electron chi connectivity index (χ0n) is 23.0. The van der Waals surface area contributed by atoms with E-state index in [-0.39, 0.29) is 65.9 Å². The number of anilines is 2. The molecule has 0 aromatic carbocycles. The van der Waals surface area contributed by atoms with E-state index in [1.54, 1.807) is 0 Å². The molecule has 7 heterocycles. The van der Waals surface area contributed by atoms with Crippen LogP contribution in [0.5, 0.6) is 11.5 Å². The first-order chi connectivity index (χ1) is 21.3. The van der Waals surface area contributed by atoms with E-state index < -0.39 is 45.7 Å². The first kappa shape index (κ1) is 29.2. The topological polar surface area (TPSA) is 315 Å². The van der Waals surface area contributed by atoms with E-state index in [9.17, 15) is 29.5 Å². The van der Waals surface area contributed by atoms with Crippen LogP contribution in [0, 0.1) is 0 Å². The van der Waals surface area contributed by atoms with E-state index in [0.717, 1.165) is 17.2 Å². The summed E-state index contributed by atoms with van der Waals surface area (Å²) in [5.74, 6) is -2.31. The van der Waals surface area contributed by atoms with Gasteiger partial charge in [-0.3, -0.25) is 0 Å². The molecule has 13 N–H and O–H groups in total. The first-order valence-electron chi connectivity index (χ1n) is 13.1. The second kappa shape index (κ2) is 10.3. The Morgan fingerprint density at radius 1 is 1.13 bits per heavy atom. The Balaban J connectivity index is 1.28. The third-order valence-electron chi connectivity index (χ3n) is 6.98. The molecule has 0 radical (unpaired) electrons. The van der Waals surface area contributed by atoms with Crippen LogP contribution in [-0.4, -0.2) is 63.7 Å². The van der Waals surface area contributed by atoms with Gasteiger partial charge in [-0.25, -0.2) is 0 Å². The van der Waals surface area contributed by atoms with Gasteiger partial charge in [0.25, 0.3) is 0 Å². The number of hydrogen-bond acceptors (Lipinski definition) is 20. The molecule has 4 aliphatic heterocycles. The zero-order valence-corrected chi connectivity index (χ0v) is 25.0.